The topological polar surface area (TPSA) is 6.48 Å². The second-order valence-electron chi connectivity index (χ2n) is 4.71. The molecule has 0 N–H and O–H groups in total. The van der Waals surface area contributed by atoms with Crippen molar-refractivity contribution in [2.45, 2.75) is 26.1 Å². The van der Waals surface area contributed by atoms with Gasteiger partial charge in [-0.25, -0.2) is 0 Å². The third-order valence-electron chi connectivity index (χ3n) is 2.67. The lowest BCUT2D eigenvalue weighted by molar-refractivity contribution is -0.197. The van der Waals surface area contributed by atoms with Gasteiger partial charge in [0.25, 0.3) is 0 Å². The summed E-state index contributed by atoms with van der Waals surface area (Å²) in [5.74, 6) is 0.276. The van der Waals surface area contributed by atoms with Gasteiger partial charge in [-0.2, -0.15) is 13.2 Å². The van der Waals surface area contributed by atoms with Crippen LogP contribution in [-0.2, 0) is 0 Å². The van der Waals surface area contributed by atoms with Gasteiger partial charge in [0.15, 0.2) is 0 Å². The SMILES string of the molecule is CC(C)CN1CCN(C)CC1C(F)(F)F. The average Bonchev–Trinajstić information content (AvgIpc) is 2.05. The van der Waals surface area contributed by atoms with Crippen LogP contribution in [0.1, 0.15) is 13.8 Å². The third kappa shape index (κ3) is 3.65. The molecule has 1 rings (SSSR count). The zero-order valence-electron chi connectivity index (χ0n) is 9.51. The van der Waals surface area contributed by atoms with Gasteiger partial charge in [-0.1, -0.05) is 13.8 Å². The Hall–Kier alpha value is -0.290. The Balaban J connectivity index is 2.66. The van der Waals surface area contributed by atoms with Crippen molar-refractivity contribution in [2.75, 3.05) is 33.2 Å². The minimum absolute atomic E-state index is 0.0935. The maximum absolute atomic E-state index is 12.7. The van der Waals surface area contributed by atoms with Gasteiger partial charge in [0.1, 0.15) is 6.04 Å². The van der Waals surface area contributed by atoms with Gasteiger partial charge in [-0.15, -0.1) is 0 Å². The highest BCUT2D eigenvalue weighted by atomic mass is 19.4. The van der Waals surface area contributed by atoms with E-state index in [-0.39, 0.29) is 12.5 Å². The monoisotopic (exact) mass is 224 g/mol. The molecule has 1 saturated heterocycles. The molecule has 90 valence electrons. The standard InChI is InChI=1S/C10H19F3N2/c1-8(2)6-15-5-4-14(3)7-9(15)10(11,12)13/h8-9H,4-7H2,1-3H3. The van der Waals surface area contributed by atoms with Gasteiger partial charge in [-0.05, 0) is 13.0 Å². The molecule has 0 amide bonds. The molecule has 5 heteroatoms. The first kappa shape index (κ1) is 12.8. The highest BCUT2D eigenvalue weighted by Gasteiger charge is 2.45. The largest absolute Gasteiger partial charge is 0.405 e. The smallest absolute Gasteiger partial charge is 0.303 e. The Morgan fingerprint density at radius 1 is 1.27 bits per heavy atom. The van der Waals surface area contributed by atoms with E-state index in [0.717, 1.165) is 6.54 Å². The van der Waals surface area contributed by atoms with Crippen LogP contribution in [0.4, 0.5) is 13.2 Å². The fourth-order valence-corrected chi connectivity index (χ4v) is 1.96. The number of nitrogens with zero attached hydrogens (tertiary/aromatic N) is 2. The van der Waals surface area contributed by atoms with E-state index in [0.29, 0.717) is 13.1 Å². The molecule has 1 aliphatic rings. The van der Waals surface area contributed by atoms with Crippen molar-refractivity contribution in [3.63, 3.8) is 0 Å². The number of piperazine rings is 1. The van der Waals surface area contributed by atoms with Crippen molar-refractivity contribution in [1.29, 1.82) is 0 Å². The van der Waals surface area contributed by atoms with Gasteiger partial charge < -0.3 is 4.90 Å². The molecule has 0 bridgehead atoms. The second-order valence-corrected chi connectivity index (χ2v) is 4.71. The molecule has 2 nitrogen and oxygen atoms in total. The maximum atomic E-state index is 12.7. The average molecular weight is 224 g/mol. The molecule has 0 radical (unpaired) electrons. The van der Waals surface area contributed by atoms with Crippen LogP contribution in [0.25, 0.3) is 0 Å². The number of hydrogen-bond donors (Lipinski definition) is 0. The molecule has 1 heterocycles. The Morgan fingerprint density at radius 2 is 1.87 bits per heavy atom. The molecular formula is C10H19F3N2. The fourth-order valence-electron chi connectivity index (χ4n) is 1.96. The Bertz CT molecular complexity index is 203. The molecule has 0 aliphatic carbocycles. The van der Waals surface area contributed by atoms with E-state index in [1.165, 1.54) is 0 Å². The number of likely N-dealkylation sites (N-methyl/N-ethyl adjacent to an activating group) is 1. The van der Waals surface area contributed by atoms with E-state index in [1.807, 2.05) is 13.8 Å². The molecule has 1 fully saturated rings. The predicted molar refractivity (Wildman–Crippen MR) is 53.8 cm³/mol. The zero-order valence-corrected chi connectivity index (χ0v) is 9.51. The number of hydrogen-bond acceptors (Lipinski definition) is 2. The van der Waals surface area contributed by atoms with E-state index in [2.05, 4.69) is 0 Å². The summed E-state index contributed by atoms with van der Waals surface area (Å²) in [5.41, 5.74) is 0. The van der Waals surface area contributed by atoms with Gasteiger partial charge in [0.2, 0.25) is 0 Å². The minimum Gasteiger partial charge on any atom is -0.303 e. The molecule has 0 aromatic carbocycles. The van der Waals surface area contributed by atoms with Gasteiger partial charge >= 0.3 is 6.18 Å². The van der Waals surface area contributed by atoms with Crippen LogP contribution >= 0.6 is 0 Å². The van der Waals surface area contributed by atoms with Crippen molar-refractivity contribution >= 4 is 0 Å². The molecular weight excluding hydrogens is 205 g/mol. The molecule has 0 aromatic heterocycles. The van der Waals surface area contributed by atoms with Crippen molar-refractivity contribution in [3.8, 4) is 0 Å². The first-order valence-electron chi connectivity index (χ1n) is 5.30. The van der Waals surface area contributed by atoms with Crippen LogP contribution in [0.5, 0.6) is 0 Å². The number of halogens is 3. The summed E-state index contributed by atoms with van der Waals surface area (Å²) < 4.78 is 38.2. The molecule has 1 unspecified atom stereocenters. The number of rotatable bonds is 2. The maximum Gasteiger partial charge on any atom is 0.405 e. The van der Waals surface area contributed by atoms with Crippen LogP contribution in [0.2, 0.25) is 0 Å². The Labute approximate surface area is 89.0 Å². The summed E-state index contributed by atoms with van der Waals surface area (Å²) in [6.07, 6.45) is -4.11. The van der Waals surface area contributed by atoms with Gasteiger partial charge in [0, 0.05) is 26.2 Å². The predicted octanol–water partition coefficient (Wildman–Crippen LogP) is 1.82. The molecule has 1 atom stereocenters. The molecule has 15 heavy (non-hydrogen) atoms. The minimum atomic E-state index is -4.11. The Kier molecular flexibility index (Phi) is 4.00. The highest BCUT2D eigenvalue weighted by Crippen LogP contribution is 2.27. The zero-order chi connectivity index (χ0) is 11.6. The lowest BCUT2D eigenvalue weighted by Crippen LogP contribution is -2.58. The second kappa shape index (κ2) is 4.70. The molecule has 0 spiro atoms. The van der Waals surface area contributed by atoms with E-state index >= 15 is 0 Å². The molecule has 0 saturated carbocycles. The first-order valence-corrected chi connectivity index (χ1v) is 5.30. The van der Waals surface area contributed by atoms with Gasteiger partial charge in [0.05, 0.1) is 0 Å². The summed E-state index contributed by atoms with van der Waals surface area (Å²) >= 11 is 0. The highest BCUT2D eigenvalue weighted by molar-refractivity contribution is 4.86. The van der Waals surface area contributed by atoms with Crippen molar-refractivity contribution in [3.05, 3.63) is 0 Å². The van der Waals surface area contributed by atoms with Crippen molar-refractivity contribution < 1.29 is 13.2 Å². The Morgan fingerprint density at radius 3 is 2.33 bits per heavy atom. The normalized spacial score (nSPS) is 26.2. The van der Waals surface area contributed by atoms with Crippen LogP contribution in [0, 0.1) is 5.92 Å². The summed E-state index contributed by atoms with van der Waals surface area (Å²) in [7, 11) is 1.74. The lowest BCUT2D eigenvalue weighted by Gasteiger charge is -2.41. The van der Waals surface area contributed by atoms with Crippen LogP contribution in [-0.4, -0.2) is 55.2 Å². The lowest BCUT2D eigenvalue weighted by atomic mass is 10.1. The van der Waals surface area contributed by atoms with Gasteiger partial charge in [-0.3, -0.25) is 4.90 Å². The van der Waals surface area contributed by atoms with Crippen molar-refractivity contribution in [2.24, 2.45) is 5.92 Å². The van der Waals surface area contributed by atoms with E-state index < -0.39 is 12.2 Å². The van der Waals surface area contributed by atoms with E-state index in [9.17, 15) is 13.2 Å². The number of alkyl halides is 3. The quantitative estimate of drug-likeness (QED) is 0.706. The summed E-state index contributed by atoms with van der Waals surface area (Å²) in [5, 5.41) is 0. The fraction of sp³-hybridized carbons (Fsp3) is 1.00. The van der Waals surface area contributed by atoms with Crippen LogP contribution in [0.3, 0.4) is 0 Å². The molecule has 0 aromatic rings. The van der Waals surface area contributed by atoms with Crippen LogP contribution in [0.15, 0.2) is 0 Å². The molecule has 1 aliphatic heterocycles. The first-order chi connectivity index (χ1) is 6.80. The third-order valence-corrected chi connectivity index (χ3v) is 2.67. The summed E-state index contributed by atoms with van der Waals surface area (Å²) in [6.45, 7) is 5.75. The summed E-state index contributed by atoms with van der Waals surface area (Å²) in [6, 6.07) is -1.29. The van der Waals surface area contributed by atoms with Crippen LogP contribution < -0.4 is 0 Å². The van der Waals surface area contributed by atoms with Crippen molar-refractivity contribution in [1.82, 2.24) is 9.80 Å². The van der Waals surface area contributed by atoms with E-state index in [1.54, 1.807) is 16.8 Å². The summed E-state index contributed by atoms with van der Waals surface area (Å²) in [4.78, 5) is 3.31. The van der Waals surface area contributed by atoms with E-state index in [4.69, 9.17) is 0 Å².